The van der Waals surface area contributed by atoms with Crippen molar-refractivity contribution in [1.82, 2.24) is 5.32 Å². The van der Waals surface area contributed by atoms with Crippen molar-refractivity contribution < 1.29 is 14.4 Å². The lowest BCUT2D eigenvalue weighted by Crippen LogP contribution is -2.60. The Morgan fingerprint density at radius 2 is 2.30 bits per heavy atom. The zero-order valence-electron chi connectivity index (χ0n) is 11.3. The molecule has 0 amide bonds. The van der Waals surface area contributed by atoms with Gasteiger partial charge in [0.25, 0.3) is 0 Å². The van der Waals surface area contributed by atoms with Crippen molar-refractivity contribution in [3.05, 3.63) is 33.3 Å². The van der Waals surface area contributed by atoms with Crippen molar-refractivity contribution in [3.63, 3.8) is 0 Å². The summed E-state index contributed by atoms with van der Waals surface area (Å²) in [5, 5.41) is 14.5. The van der Waals surface area contributed by atoms with E-state index in [2.05, 4.69) is 5.32 Å². The van der Waals surface area contributed by atoms with E-state index in [0.29, 0.717) is 11.6 Å². The molecule has 0 spiro atoms. The third kappa shape index (κ3) is 3.03. The first-order chi connectivity index (χ1) is 9.56. The summed E-state index contributed by atoms with van der Waals surface area (Å²) in [7, 11) is 1.86. The smallest absolute Gasteiger partial charge is 0.311 e. The highest BCUT2D eigenvalue weighted by Crippen LogP contribution is 2.35. The minimum Gasteiger partial charge on any atom is -0.481 e. The largest absolute Gasteiger partial charge is 0.481 e. The molecule has 6 nitrogen and oxygen atoms in total. The number of nitro groups is 1. The molecule has 1 aromatic rings. The molecule has 0 bridgehead atoms. The minimum atomic E-state index is -0.477. The van der Waals surface area contributed by atoms with Gasteiger partial charge in [-0.2, -0.15) is 0 Å². The predicted molar refractivity (Wildman–Crippen MR) is 75.4 cm³/mol. The lowest BCUT2D eigenvalue weighted by Gasteiger charge is -2.43. The maximum absolute atomic E-state index is 11.0. The van der Waals surface area contributed by atoms with Crippen LogP contribution in [0.3, 0.4) is 0 Å². The topological polar surface area (TPSA) is 73.6 Å². The molecule has 0 heterocycles. The monoisotopic (exact) mass is 300 g/mol. The standard InChI is InChI=1S/C13H17ClN2O4/c1-3-19-13-9(15-2)7-12(13)20-11-6-8(14)4-5-10(11)16(17)18/h4-6,9,12-13,15H,3,7H2,1-2H3. The van der Waals surface area contributed by atoms with Gasteiger partial charge >= 0.3 is 5.69 Å². The van der Waals surface area contributed by atoms with Crippen molar-refractivity contribution in [2.75, 3.05) is 13.7 Å². The van der Waals surface area contributed by atoms with E-state index in [4.69, 9.17) is 21.1 Å². The van der Waals surface area contributed by atoms with E-state index >= 15 is 0 Å². The molecule has 3 atom stereocenters. The number of halogens is 1. The average Bonchev–Trinajstić information content (AvgIpc) is 2.40. The Bertz CT molecular complexity index is 497. The van der Waals surface area contributed by atoms with Crippen molar-refractivity contribution >= 4 is 17.3 Å². The normalized spacial score (nSPS) is 25.1. The first kappa shape index (κ1) is 15.0. The Morgan fingerprint density at radius 3 is 2.90 bits per heavy atom. The van der Waals surface area contributed by atoms with E-state index in [1.807, 2.05) is 14.0 Å². The number of hydrogen-bond acceptors (Lipinski definition) is 5. The van der Waals surface area contributed by atoms with E-state index in [-0.39, 0.29) is 29.7 Å². The maximum Gasteiger partial charge on any atom is 0.311 e. The van der Waals surface area contributed by atoms with Crippen molar-refractivity contribution in [3.8, 4) is 5.75 Å². The number of rotatable bonds is 6. The number of ether oxygens (including phenoxy) is 2. The van der Waals surface area contributed by atoms with E-state index in [9.17, 15) is 10.1 Å². The molecule has 0 aliphatic heterocycles. The molecule has 3 unspecified atom stereocenters. The lowest BCUT2D eigenvalue weighted by molar-refractivity contribution is -0.386. The van der Waals surface area contributed by atoms with Crippen LogP contribution in [0.25, 0.3) is 0 Å². The molecule has 1 fully saturated rings. The molecule has 1 aromatic carbocycles. The molecule has 1 saturated carbocycles. The summed E-state index contributed by atoms with van der Waals surface area (Å²) in [4.78, 5) is 10.5. The minimum absolute atomic E-state index is 0.0856. The quantitative estimate of drug-likeness (QED) is 0.645. The second-order valence-corrected chi connectivity index (χ2v) is 5.01. The van der Waals surface area contributed by atoms with Gasteiger partial charge in [0.2, 0.25) is 0 Å². The number of nitrogens with zero attached hydrogens (tertiary/aromatic N) is 1. The number of nitro benzene ring substituents is 1. The molecule has 1 aliphatic rings. The van der Waals surface area contributed by atoms with Crippen LogP contribution in [0, 0.1) is 10.1 Å². The molecular weight excluding hydrogens is 284 g/mol. The Kier molecular flexibility index (Phi) is 4.80. The summed E-state index contributed by atoms with van der Waals surface area (Å²) in [6.45, 7) is 2.48. The average molecular weight is 301 g/mol. The zero-order valence-corrected chi connectivity index (χ0v) is 12.1. The van der Waals surface area contributed by atoms with Crippen LogP contribution in [0.1, 0.15) is 13.3 Å². The lowest BCUT2D eigenvalue weighted by atomic mass is 9.85. The van der Waals surface area contributed by atoms with Gasteiger partial charge in [-0.1, -0.05) is 11.6 Å². The Labute approximate surface area is 122 Å². The van der Waals surface area contributed by atoms with Crippen LogP contribution in [0.5, 0.6) is 5.75 Å². The summed E-state index contributed by atoms with van der Waals surface area (Å²) < 4.78 is 11.3. The summed E-state index contributed by atoms with van der Waals surface area (Å²) in [5.41, 5.74) is -0.0856. The van der Waals surface area contributed by atoms with Crippen LogP contribution < -0.4 is 10.1 Å². The predicted octanol–water partition coefficient (Wildman–Crippen LogP) is 2.39. The van der Waals surface area contributed by atoms with Crippen LogP contribution in [0.2, 0.25) is 5.02 Å². The summed E-state index contributed by atoms with van der Waals surface area (Å²) in [6, 6.07) is 4.50. The number of nitrogens with one attached hydrogen (secondary N) is 1. The fourth-order valence-corrected chi connectivity index (χ4v) is 2.45. The molecule has 0 radical (unpaired) electrons. The van der Waals surface area contributed by atoms with Crippen LogP contribution in [-0.2, 0) is 4.74 Å². The Balaban J connectivity index is 2.14. The highest BCUT2D eigenvalue weighted by Gasteiger charge is 2.43. The molecule has 20 heavy (non-hydrogen) atoms. The molecule has 7 heteroatoms. The van der Waals surface area contributed by atoms with Crippen LogP contribution in [0.4, 0.5) is 5.69 Å². The van der Waals surface area contributed by atoms with E-state index in [1.165, 1.54) is 18.2 Å². The van der Waals surface area contributed by atoms with Crippen molar-refractivity contribution in [2.24, 2.45) is 0 Å². The van der Waals surface area contributed by atoms with Crippen molar-refractivity contribution in [1.29, 1.82) is 0 Å². The molecule has 110 valence electrons. The van der Waals surface area contributed by atoms with Gasteiger partial charge in [-0.05, 0) is 20.0 Å². The Morgan fingerprint density at radius 1 is 1.55 bits per heavy atom. The highest BCUT2D eigenvalue weighted by atomic mass is 35.5. The zero-order chi connectivity index (χ0) is 14.7. The van der Waals surface area contributed by atoms with Crippen LogP contribution >= 0.6 is 11.6 Å². The number of likely N-dealkylation sites (N-methyl/N-ethyl adjacent to an activating group) is 1. The summed E-state index contributed by atoms with van der Waals surface area (Å²) >= 11 is 5.87. The van der Waals surface area contributed by atoms with Gasteiger partial charge in [-0.15, -0.1) is 0 Å². The second-order valence-electron chi connectivity index (χ2n) is 4.58. The van der Waals surface area contributed by atoms with Gasteiger partial charge in [-0.25, -0.2) is 0 Å². The second kappa shape index (κ2) is 6.39. The summed E-state index contributed by atoms with van der Waals surface area (Å²) in [6.07, 6.45) is 0.429. The van der Waals surface area contributed by atoms with Gasteiger partial charge in [0, 0.05) is 36.2 Å². The van der Waals surface area contributed by atoms with Gasteiger partial charge in [0.05, 0.1) is 4.92 Å². The van der Waals surface area contributed by atoms with E-state index < -0.39 is 4.92 Å². The molecular formula is C13H17ClN2O4. The van der Waals surface area contributed by atoms with Gasteiger partial charge < -0.3 is 14.8 Å². The highest BCUT2D eigenvalue weighted by molar-refractivity contribution is 6.30. The van der Waals surface area contributed by atoms with Crippen LogP contribution in [0.15, 0.2) is 18.2 Å². The summed E-state index contributed by atoms with van der Waals surface area (Å²) in [5.74, 6) is 0.187. The number of hydrogen-bond donors (Lipinski definition) is 1. The van der Waals surface area contributed by atoms with Gasteiger partial charge in [0.15, 0.2) is 5.75 Å². The van der Waals surface area contributed by atoms with Gasteiger partial charge in [0.1, 0.15) is 12.2 Å². The third-order valence-corrected chi connectivity index (χ3v) is 3.61. The third-order valence-electron chi connectivity index (χ3n) is 3.38. The molecule has 1 aliphatic carbocycles. The molecule has 0 aromatic heterocycles. The first-order valence-electron chi connectivity index (χ1n) is 6.46. The van der Waals surface area contributed by atoms with Gasteiger partial charge in [-0.3, -0.25) is 10.1 Å². The maximum atomic E-state index is 11.0. The first-order valence-corrected chi connectivity index (χ1v) is 6.84. The molecule has 0 saturated heterocycles. The van der Waals surface area contributed by atoms with Crippen LogP contribution in [-0.4, -0.2) is 36.8 Å². The fraction of sp³-hybridized carbons (Fsp3) is 0.538. The molecule has 1 N–H and O–H groups in total. The Hall–Kier alpha value is -1.37. The van der Waals surface area contributed by atoms with E-state index in [0.717, 1.165) is 6.42 Å². The SMILES string of the molecule is CCOC1C(NC)CC1Oc1cc(Cl)ccc1[N+](=O)[O-]. The van der Waals surface area contributed by atoms with E-state index in [1.54, 1.807) is 0 Å². The molecule has 2 rings (SSSR count). The number of benzene rings is 1. The fourth-order valence-electron chi connectivity index (χ4n) is 2.29. The van der Waals surface area contributed by atoms with Crippen molar-refractivity contribution in [2.45, 2.75) is 31.6 Å².